The van der Waals surface area contributed by atoms with Gasteiger partial charge >= 0.3 is 0 Å². The van der Waals surface area contributed by atoms with Gasteiger partial charge in [-0.25, -0.2) is 0 Å². The molecule has 1 heterocycles. The van der Waals surface area contributed by atoms with Crippen molar-refractivity contribution in [3.8, 4) is 11.3 Å². The van der Waals surface area contributed by atoms with Gasteiger partial charge in [-0.1, -0.05) is 64.5 Å². The number of allylic oxidation sites excluding steroid dienone is 1. The van der Waals surface area contributed by atoms with E-state index >= 15 is 0 Å². The lowest BCUT2D eigenvalue weighted by Crippen LogP contribution is -1.93. The minimum absolute atomic E-state index is 0.0441. The maximum absolute atomic E-state index is 12.4. The zero-order chi connectivity index (χ0) is 17.9. The first-order valence-electron chi connectivity index (χ1n) is 8.26. The third-order valence-electron chi connectivity index (χ3n) is 4.19. The highest BCUT2D eigenvalue weighted by atomic mass is 79.9. The fraction of sp³-hybridized carbons (Fsp3) is 0. The summed E-state index contributed by atoms with van der Waals surface area (Å²) in [5.74, 6) is 1.38. The molecule has 26 heavy (non-hydrogen) atoms. The molecule has 0 saturated carbocycles. The molecular weight excluding hydrogens is 388 g/mol. The number of benzene rings is 3. The van der Waals surface area contributed by atoms with Crippen LogP contribution in [-0.4, -0.2) is 5.78 Å². The van der Waals surface area contributed by atoms with Crippen LogP contribution in [0.5, 0.6) is 0 Å². The van der Waals surface area contributed by atoms with Crippen LogP contribution < -0.4 is 0 Å². The highest BCUT2D eigenvalue weighted by molar-refractivity contribution is 9.10. The van der Waals surface area contributed by atoms with E-state index < -0.39 is 0 Å². The standard InChI is InChI=1S/C23H15BrO2/c24-20-9-7-17(8-10-20)23-14-12-21(26-23)11-13-22(25)19-6-5-16-3-1-2-4-18(16)15-19/h1-15H/b13-11+. The van der Waals surface area contributed by atoms with Gasteiger partial charge in [0.25, 0.3) is 0 Å². The number of rotatable bonds is 4. The van der Waals surface area contributed by atoms with Gasteiger partial charge in [-0.2, -0.15) is 0 Å². The van der Waals surface area contributed by atoms with Crippen LogP contribution in [0, 0.1) is 0 Å². The quantitative estimate of drug-likeness (QED) is 0.278. The molecule has 4 rings (SSSR count). The molecule has 3 heteroatoms. The molecule has 0 radical (unpaired) electrons. The molecule has 0 spiro atoms. The van der Waals surface area contributed by atoms with Crippen molar-refractivity contribution in [1.29, 1.82) is 0 Å². The molecule has 0 fully saturated rings. The molecule has 0 aliphatic carbocycles. The van der Waals surface area contributed by atoms with Crippen LogP contribution in [0.25, 0.3) is 28.2 Å². The van der Waals surface area contributed by atoms with Crippen LogP contribution in [0.2, 0.25) is 0 Å². The van der Waals surface area contributed by atoms with E-state index in [-0.39, 0.29) is 5.78 Å². The minimum Gasteiger partial charge on any atom is -0.457 e. The van der Waals surface area contributed by atoms with Gasteiger partial charge in [-0.15, -0.1) is 0 Å². The highest BCUT2D eigenvalue weighted by Gasteiger charge is 2.05. The van der Waals surface area contributed by atoms with Crippen molar-refractivity contribution in [3.05, 3.63) is 101 Å². The van der Waals surface area contributed by atoms with Crippen molar-refractivity contribution in [1.82, 2.24) is 0 Å². The van der Waals surface area contributed by atoms with Crippen LogP contribution in [0.15, 0.2) is 93.8 Å². The van der Waals surface area contributed by atoms with Gasteiger partial charge in [0, 0.05) is 15.6 Å². The number of carbonyl (C=O) groups is 1. The van der Waals surface area contributed by atoms with Gasteiger partial charge < -0.3 is 4.42 Å². The predicted octanol–water partition coefficient (Wildman–Crippen LogP) is 6.76. The molecular formula is C23H15BrO2. The lowest BCUT2D eigenvalue weighted by atomic mass is 10.0. The van der Waals surface area contributed by atoms with E-state index in [0.29, 0.717) is 11.3 Å². The van der Waals surface area contributed by atoms with E-state index in [9.17, 15) is 4.79 Å². The Morgan fingerprint density at radius 1 is 0.846 bits per heavy atom. The third kappa shape index (κ3) is 3.53. The van der Waals surface area contributed by atoms with Gasteiger partial charge in [-0.05, 0) is 53.3 Å². The summed E-state index contributed by atoms with van der Waals surface area (Å²) in [6.07, 6.45) is 3.26. The first-order valence-corrected chi connectivity index (χ1v) is 9.05. The predicted molar refractivity (Wildman–Crippen MR) is 109 cm³/mol. The monoisotopic (exact) mass is 402 g/mol. The lowest BCUT2D eigenvalue weighted by molar-refractivity contribution is 0.104. The van der Waals surface area contributed by atoms with Crippen molar-refractivity contribution >= 4 is 38.6 Å². The molecule has 0 atom stereocenters. The number of fused-ring (bicyclic) bond motifs is 1. The molecule has 0 aliphatic rings. The van der Waals surface area contributed by atoms with Crippen LogP contribution in [-0.2, 0) is 0 Å². The Kier molecular flexibility index (Phi) is 4.55. The molecule has 1 aromatic heterocycles. The van der Waals surface area contributed by atoms with Crippen LogP contribution >= 0.6 is 15.9 Å². The largest absolute Gasteiger partial charge is 0.457 e. The summed E-state index contributed by atoms with van der Waals surface area (Å²) in [5.41, 5.74) is 1.66. The van der Waals surface area contributed by atoms with Crippen molar-refractivity contribution in [3.63, 3.8) is 0 Å². The molecule has 0 amide bonds. The van der Waals surface area contributed by atoms with Crippen LogP contribution in [0.3, 0.4) is 0 Å². The Bertz CT molecular complexity index is 1100. The maximum atomic E-state index is 12.4. The zero-order valence-corrected chi connectivity index (χ0v) is 15.4. The number of ketones is 1. The summed E-state index contributed by atoms with van der Waals surface area (Å²) >= 11 is 3.42. The van der Waals surface area contributed by atoms with Gasteiger partial charge in [0.1, 0.15) is 11.5 Å². The van der Waals surface area contributed by atoms with E-state index in [2.05, 4.69) is 15.9 Å². The Labute approximate surface area is 159 Å². The first kappa shape index (κ1) is 16.6. The maximum Gasteiger partial charge on any atom is 0.185 e. The zero-order valence-electron chi connectivity index (χ0n) is 13.9. The molecule has 0 N–H and O–H groups in total. The second-order valence-electron chi connectivity index (χ2n) is 5.97. The number of hydrogen-bond acceptors (Lipinski definition) is 2. The molecule has 0 bridgehead atoms. The van der Waals surface area contributed by atoms with Crippen LogP contribution in [0.1, 0.15) is 16.1 Å². The van der Waals surface area contributed by atoms with E-state index in [1.807, 2.05) is 78.9 Å². The Hall–Kier alpha value is -2.91. The van der Waals surface area contributed by atoms with E-state index in [1.54, 1.807) is 12.2 Å². The third-order valence-corrected chi connectivity index (χ3v) is 4.72. The number of halogens is 1. The van der Waals surface area contributed by atoms with E-state index in [4.69, 9.17) is 4.42 Å². The second kappa shape index (κ2) is 7.14. The van der Waals surface area contributed by atoms with Gasteiger partial charge in [0.05, 0.1) is 0 Å². The minimum atomic E-state index is -0.0441. The van der Waals surface area contributed by atoms with Crippen molar-refractivity contribution in [2.75, 3.05) is 0 Å². The van der Waals surface area contributed by atoms with E-state index in [1.165, 1.54) is 0 Å². The molecule has 3 aromatic carbocycles. The van der Waals surface area contributed by atoms with Crippen LogP contribution in [0.4, 0.5) is 0 Å². The van der Waals surface area contributed by atoms with Gasteiger partial charge in [0.2, 0.25) is 0 Å². The normalized spacial score (nSPS) is 11.3. The molecule has 0 unspecified atom stereocenters. The Morgan fingerprint density at radius 3 is 2.42 bits per heavy atom. The van der Waals surface area contributed by atoms with Gasteiger partial charge in [-0.3, -0.25) is 4.79 Å². The summed E-state index contributed by atoms with van der Waals surface area (Å²) < 4.78 is 6.83. The smallest absolute Gasteiger partial charge is 0.185 e. The summed E-state index contributed by atoms with van der Waals surface area (Å²) in [5, 5.41) is 2.18. The van der Waals surface area contributed by atoms with Crippen molar-refractivity contribution in [2.45, 2.75) is 0 Å². The average molecular weight is 403 g/mol. The summed E-state index contributed by atoms with van der Waals surface area (Å²) in [6.45, 7) is 0. The number of hydrogen-bond donors (Lipinski definition) is 0. The molecule has 4 aromatic rings. The topological polar surface area (TPSA) is 30.2 Å². The summed E-state index contributed by atoms with van der Waals surface area (Å²) in [6, 6.07) is 25.4. The average Bonchev–Trinajstić information content (AvgIpc) is 3.15. The molecule has 0 saturated heterocycles. The number of furan rings is 1. The molecule has 0 aliphatic heterocycles. The Morgan fingerprint density at radius 2 is 1.62 bits per heavy atom. The fourth-order valence-corrected chi connectivity index (χ4v) is 3.07. The highest BCUT2D eigenvalue weighted by Crippen LogP contribution is 2.24. The lowest BCUT2D eigenvalue weighted by Gasteiger charge is -2.00. The fourth-order valence-electron chi connectivity index (χ4n) is 2.81. The van der Waals surface area contributed by atoms with E-state index in [0.717, 1.165) is 26.6 Å². The SMILES string of the molecule is O=C(/C=C/c1ccc(-c2ccc(Br)cc2)o1)c1ccc2ccccc2c1. The summed E-state index contributed by atoms with van der Waals surface area (Å²) in [7, 11) is 0. The second-order valence-corrected chi connectivity index (χ2v) is 6.88. The summed E-state index contributed by atoms with van der Waals surface area (Å²) in [4.78, 5) is 12.4. The van der Waals surface area contributed by atoms with Crippen molar-refractivity contribution < 1.29 is 9.21 Å². The molecule has 2 nitrogen and oxygen atoms in total. The molecule has 126 valence electrons. The van der Waals surface area contributed by atoms with Crippen molar-refractivity contribution in [2.24, 2.45) is 0 Å². The van der Waals surface area contributed by atoms with Gasteiger partial charge in [0.15, 0.2) is 5.78 Å². The number of carbonyl (C=O) groups excluding carboxylic acids is 1. The Balaban J connectivity index is 1.53. The first-order chi connectivity index (χ1) is 12.7.